The number of halogens is 1. The van der Waals surface area contributed by atoms with Gasteiger partial charge in [0.25, 0.3) is 0 Å². The van der Waals surface area contributed by atoms with Crippen LogP contribution < -0.4 is 0 Å². The molecule has 0 N–H and O–H groups in total. The predicted molar refractivity (Wildman–Crippen MR) is 84.6 cm³/mol. The van der Waals surface area contributed by atoms with Crippen LogP contribution >= 0.6 is 11.6 Å². The minimum absolute atomic E-state index is 0.0449. The van der Waals surface area contributed by atoms with E-state index in [1.165, 1.54) is 6.42 Å². The van der Waals surface area contributed by atoms with E-state index in [-0.39, 0.29) is 6.23 Å². The van der Waals surface area contributed by atoms with Gasteiger partial charge in [0.05, 0.1) is 17.2 Å². The first-order chi connectivity index (χ1) is 10.8. The first-order valence-electron chi connectivity index (χ1n) is 7.38. The first-order valence-corrected chi connectivity index (χ1v) is 7.76. The van der Waals surface area contributed by atoms with Crippen LogP contribution in [0.5, 0.6) is 0 Å². The van der Waals surface area contributed by atoms with Crippen molar-refractivity contribution >= 4 is 22.6 Å². The summed E-state index contributed by atoms with van der Waals surface area (Å²) in [5.41, 5.74) is 3.59. The Balaban J connectivity index is 1.68. The molecule has 1 fully saturated rings. The Bertz CT molecular complexity index is 811. The Morgan fingerprint density at radius 1 is 1.14 bits per heavy atom. The van der Waals surface area contributed by atoms with Crippen LogP contribution in [0.2, 0.25) is 5.15 Å². The van der Waals surface area contributed by atoms with Crippen LogP contribution in [-0.4, -0.2) is 26.4 Å². The number of hydrogen-bond donors (Lipinski definition) is 0. The number of aromatic nitrogens is 4. The van der Waals surface area contributed by atoms with Crippen LogP contribution in [0.1, 0.15) is 25.5 Å². The largest absolute Gasteiger partial charge is 0.357 e. The second-order valence-corrected chi connectivity index (χ2v) is 5.81. The average Bonchev–Trinajstić information content (AvgIpc) is 3.05. The molecular formula is C16H15ClN4O. The maximum absolute atomic E-state index is 5.95. The molecule has 3 aromatic heterocycles. The van der Waals surface area contributed by atoms with E-state index >= 15 is 0 Å². The van der Waals surface area contributed by atoms with Gasteiger partial charge in [0.15, 0.2) is 0 Å². The summed E-state index contributed by atoms with van der Waals surface area (Å²) in [6.07, 6.45) is 9.04. The fraction of sp³-hybridized carbons (Fsp3) is 0.312. The predicted octanol–water partition coefficient (Wildman–Crippen LogP) is 3.85. The van der Waals surface area contributed by atoms with Gasteiger partial charge in [0, 0.05) is 30.1 Å². The molecule has 112 valence electrons. The van der Waals surface area contributed by atoms with Crippen molar-refractivity contribution in [3.63, 3.8) is 0 Å². The Labute approximate surface area is 132 Å². The maximum atomic E-state index is 5.95. The molecule has 0 bridgehead atoms. The first kappa shape index (κ1) is 13.7. The maximum Gasteiger partial charge on any atom is 0.150 e. The monoisotopic (exact) mass is 314 g/mol. The molecule has 22 heavy (non-hydrogen) atoms. The summed E-state index contributed by atoms with van der Waals surface area (Å²) in [6.45, 7) is 0.805. The molecule has 1 saturated heterocycles. The lowest BCUT2D eigenvalue weighted by Crippen LogP contribution is -2.18. The highest BCUT2D eigenvalue weighted by molar-refractivity contribution is 6.29. The Morgan fingerprint density at radius 2 is 2.09 bits per heavy atom. The number of pyridine rings is 2. The number of rotatable bonds is 2. The quantitative estimate of drug-likeness (QED) is 0.674. The molecule has 1 atom stereocenters. The van der Waals surface area contributed by atoms with Crippen LogP contribution in [0.3, 0.4) is 0 Å². The van der Waals surface area contributed by atoms with Gasteiger partial charge >= 0.3 is 0 Å². The van der Waals surface area contributed by atoms with Gasteiger partial charge < -0.3 is 4.74 Å². The van der Waals surface area contributed by atoms with Crippen molar-refractivity contribution in [3.05, 3.63) is 41.9 Å². The number of hydrogen-bond acceptors (Lipinski definition) is 4. The van der Waals surface area contributed by atoms with E-state index in [1.54, 1.807) is 6.07 Å². The summed E-state index contributed by atoms with van der Waals surface area (Å²) in [7, 11) is 0. The second kappa shape index (κ2) is 5.66. The van der Waals surface area contributed by atoms with Gasteiger partial charge in [-0.05, 0) is 37.5 Å². The summed E-state index contributed by atoms with van der Waals surface area (Å²) in [5.74, 6) is 0. The van der Waals surface area contributed by atoms with E-state index in [0.29, 0.717) is 5.15 Å². The molecule has 3 aromatic rings. The highest BCUT2D eigenvalue weighted by Crippen LogP contribution is 2.26. The highest BCUT2D eigenvalue weighted by atomic mass is 35.5. The average molecular weight is 315 g/mol. The Morgan fingerprint density at radius 3 is 2.95 bits per heavy atom. The second-order valence-electron chi connectivity index (χ2n) is 5.43. The van der Waals surface area contributed by atoms with Gasteiger partial charge in [-0.2, -0.15) is 5.10 Å². The van der Waals surface area contributed by atoms with Crippen LogP contribution in [0.25, 0.3) is 22.2 Å². The summed E-state index contributed by atoms with van der Waals surface area (Å²) >= 11 is 5.95. The van der Waals surface area contributed by atoms with Gasteiger partial charge in [-0.3, -0.25) is 4.98 Å². The molecule has 0 aliphatic carbocycles. The zero-order valence-electron chi connectivity index (χ0n) is 11.9. The van der Waals surface area contributed by atoms with Crippen molar-refractivity contribution in [2.24, 2.45) is 0 Å². The van der Waals surface area contributed by atoms with Crippen molar-refractivity contribution in [1.29, 1.82) is 0 Å². The summed E-state index contributed by atoms with van der Waals surface area (Å²) in [6, 6.07) is 5.60. The molecule has 0 radical (unpaired) electrons. The molecule has 1 aliphatic rings. The smallest absolute Gasteiger partial charge is 0.150 e. The van der Waals surface area contributed by atoms with Crippen LogP contribution in [0, 0.1) is 0 Å². The van der Waals surface area contributed by atoms with E-state index in [0.717, 1.165) is 41.6 Å². The third-order valence-corrected chi connectivity index (χ3v) is 4.10. The Kier molecular flexibility index (Phi) is 3.52. The molecular weight excluding hydrogens is 300 g/mol. The normalized spacial score (nSPS) is 18.7. The Hall–Kier alpha value is -1.98. The molecule has 0 aromatic carbocycles. The topological polar surface area (TPSA) is 52.8 Å². The van der Waals surface area contributed by atoms with Crippen LogP contribution in [-0.2, 0) is 4.74 Å². The summed E-state index contributed by atoms with van der Waals surface area (Å²) in [4.78, 5) is 8.74. The molecule has 4 heterocycles. The number of nitrogens with zero attached hydrogens (tertiary/aromatic N) is 4. The molecule has 6 heteroatoms. The van der Waals surface area contributed by atoms with Crippen LogP contribution in [0.15, 0.2) is 36.8 Å². The van der Waals surface area contributed by atoms with E-state index in [2.05, 4.69) is 15.1 Å². The number of fused-ring (bicyclic) bond motifs is 1. The molecule has 0 saturated carbocycles. The SMILES string of the molecule is Clc1ccc2ncc(-c3cnn(C4CCCCO4)c3)cc2n1. The van der Waals surface area contributed by atoms with Gasteiger partial charge in [0.1, 0.15) is 11.4 Å². The van der Waals surface area contributed by atoms with Crippen molar-refractivity contribution in [2.75, 3.05) is 6.61 Å². The summed E-state index contributed by atoms with van der Waals surface area (Å²) < 4.78 is 7.65. The molecule has 1 unspecified atom stereocenters. The van der Waals surface area contributed by atoms with Gasteiger partial charge in [-0.1, -0.05) is 11.6 Å². The van der Waals surface area contributed by atoms with Gasteiger partial charge in [-0.15, -0.1) is 0 Å². The fourth-order valence-corrected chi connectivity index (χ4v) is 2.87. The molecule has 5 nitrogen and oxygen atoms in total. The minimum atomic E-state index is 0.0449. The lowest BCUT2D eigenvalue weighted by atomic mass is 10.1. The molecule has 0 spiro atoms. The van der Waals surface area contributed by atoms with E-state index in [9.17, 15) is 0 Å². The van der Waals surface area contributed by atoms with Crippen molar-refractivity contribution in [1.82, 2.24) is 19.7 Å². The highest BCUT2D eigenvalue weighted by Gasteiger charge is 2.17. The summed E-state index contributed by atoms with van der Waals surface area (Å²) in [5, 5.41) is 4.90. The van der Waals surface area contributed by atoms with Crippen LogP contribution in [0.4, 0.5) is 0 Å². The zero-order chi connectivity index (χ0) is 14.9. The molecule has 0 amide bonds. The van der Waals surface area contributed by atoms with Gasteiger partial charge in [0.2, 0.25) is 0 Å². The third kappa shape index (κ3) is 2.58. The van der Waals surface area contributed by atoms with E-state index in [1.807, 2.05) is 35.4 Å². The van der Waals surface area contributed by atoms with Crippen molar-refractivity contribution < 1.29 is 4.74 Å². The van der Waals surface area contributed by atoms with Crippen molar-refractivity contribution in [3.8, 4) is 11.1 Å². The minimum Gasteiger partial charge on any atom is -0.357 e. The number of ether oxygens (including phenoxy) is 1. The van der Waals surface area contributed by atoms with Gasteiger partial charge in [-0.25, -0.2) is 9.67 Å². The fourth-order valence-electron chi connectivity index (χ4n) is 2.72. The van der Waals surface area contributed by atoms with E-state index < -0.39 is 0 Å². The lowest BCUT2D eigenvalue weighted by Gasteiger charge is -2.22. The zero-order valence-corrected chi connectivity index (χ0v) is 12.7. The third-order valence-electron chi connectivity index (χ3n) is 3.89. The standard InChI is InChI=1S/C16H15ClN4O/c17-15-5-4-13-14(20-15)7-11(8-18-13)12-9-19-21(10-12)16-3-1-2-6-22-16/h4-5,7-10,16H,1-3,6H2. The molecule has 4 rings (SSSR count). The van der Waals surface area contributed by atoms with Crippen molar-refractivity contribution in [2.45, 2.75) is 25.5 Å². The lowest BCUT2D eigenvalue weighted by molar-refractivity contribution is -0.0394. The van der Waals surface area contributed by atoms with E-state index in [4.69, 9.17) is 16.3 Å². The molecule has 1 aliphatic heterocycles.